The van der Waals surface area contributed by atoms with Gasteiger partial charge in [-0.2, -0.15) is 0 Å². The molecule has 0 amide bonds. The van der Waals surface area contributed by atoms with Gasteiger partial charge in [-0.25, -0.2) is 0 Å². The molecule has 0 aliphatic rings. The first-order chi connectivity index (χ1) is 4.27. The molecular weight excluding hydrogens is 172 g/mol. The molecule has 0 aliphatic carbocycles. The van der Waals surface area contributed by atoms with E-state index in [4.69, 9.17) is 4.18 Å². The van der Waals surface area contributed by atoms with E-state index in [-0.39, 0.29) is 0 Å². The fourth-order valence-corrected chi connectivity index (χ4v) is 1.22. The molecule has 0 rings (SSSR count). The highest BCUT2D eigenvalue weighted by Crippen LogP contribution is 1.93. The molecular formula is C5H12OS3. The highest BCUT2D eigenvalue weighted by atomic mass is 33.1. The highest BCUT2D eigenvalue weighted by Gasteiger charge is 1.83. The molecule has 0 unspecified atom stereocenters. The molecule has 56 valence electrons. The minimum atomic E-state index is -0.950. The highest BCUT2D eigenvalue weighted by molar-refractivity contribution is 8.44. The predicted octanol–water partition coefficient (Wildman–Crippen LogP) is 1.38. The summed E-state index contributed by atoms with van der Waals surface area (Å²) in [6.07, 6.45) is 3.53. The summed E-state index contributed by atoms with van der Waals surface area (Å²) in [5, 5.41) is 0. The van der Waals surface area contributed by atoms with Crippen LogP contribution in [0.25, 0.3) is 0 Å². The second-order valence-electron chi connectivity index (χ2n) is 1.76. The Morgan fingerprint density at radius 2 is 2.00 bits per heavy atom. The summed E-state index contributed by atoms with van der Waals surface area (Å²) in [5.74, 6) is 0. The predicted molar refractivity (Wildman–Crippen MR) is 49.0 cm³/mol. The van der Waals surface area contributed by atoms with Gasteiger partial charge in [-0.3, -0.25) is 0 Å². The molecule has 0 aliphatic heterocycles. The van der Waals surface area contributed by atoms with Crippen molar-refractivity contribution in [2.75, 3.05) is 6.61 Å². The maximum absolute atomic E-state index is 5.04. The number of hydrogen-bond donors (Lipinski definition) is 1. The summed E-state index contributed by atoms with van der Waals surface area (Å²) in [6, 6.07) is 0. The first-order valence-electron chi connectivity index (χ1n) is 3.04. The smallest absolute Gasteiger partial charge is 0.0616 e. The molecule has 0 heterocycles. The van der Waals surface area contributed by atoms with Crippen molar-refractivity contribution in [2.24, 2.45) is 0 Å². The molecule has 0 bridgehead atoms. The van der Waals surface area contributed by atoms with E-state index >= 15 is 0 Å². The van der Waals surface area contributed by atoms with Gasteiger partial charge in [-0.15, -0.1) is 0 Å². The monoisotopic (exact) mass is 184 g/mol. The van der Waals surface area contributed by atoms with Crippen LogP contribution < -0.4 is 0 Å². The zero-order valence-corrected chi connectivity index (χ0v) is 8.03. The zero-order valence-electron chi connectivity index (χ0n) is 5.50. The molecule has 1 nitrogen and oxygen atoms in total. The van der Waals surface area contributed by atoms with Crippen molar-refractivity contribution in [1.82, 2.24) is 0 Å². The lowest BCUT2D eigenvalue weighted by molar-refractivity contribution is 0.360. The zero-order chi connectivity index (χ0) is 7.11. The topological polar surface area (TPSA) is 9.23 Å². The van der Waals surface area contributed by atoms with Gasteiger partial charge in [0.1, 0.15) is 0 Å². The van der Waals surface area contributed by atoms with E-state index in [0.717, 1.165) is 13.0 Å². The van der Waals surface area contributed by atoms with Crippen LogP contribution in [-0.2, 0) is 34.9 Å². The Morgan fingerprint density at radius 1 is 1.33 bits per heavy atom. The van der Waals surface area contributed by atoms with Gasteiger partial charge in [0.15, 0.2) is 0 Å². The van der Waals surface area contributed by atoms with Crippen LogP contribution in [0.3, 0.4) is 0 Å². The van der Waals surface area contributed by atoms with Gasteiger partial charge in [0.05, 0.1) is 6.61 Å². The van der Waals surface area contributed by atoms with Crippen LogP contribution in [0, 0.1) is 0 Å². The Morgan fingerprint density at radius 3 is 2.44 bits per heavy atom. The summed E-state index contributed by atoms with van der Waals surface area (Å²) >= 11 is 9.37. The van der Waals surface area contributed by atoms with Crippen LogP contribution in [0.4, 0.5) is 0 Å². The van der Waals surface area contributed by atoms with Gasteiger partial charge in [0.2, 0.25) is 0 Å². The third kappa shape index (κ3) is 8.75. The maximum Gasteiger partial charge on any atom is 0.0616 e. The fraction of sp³-hybridized carbons (Fsp3) is 1.00. The van der Waals surface area contributed by atoms with Crippen LogP contribution in [0.1, 0.15) is 26.2 Å². The summed E-state index contributed by atoms with van der Waals surface area (Å²) in [6.45, 7) is 2.91. The molecule has 0 aromatic carbocycles. The van der Waals surface area contributed by atoms with Crippen LogP contribution in [0.2, 0.25) is 0 Å². The van der Waals surface area contributed by atoms with Crippen LogP contribution in [0.15, 0.2) is 0 Å². The van der Waals surface area contributed by atoms with Crippen LogP contribution in [-0.4, -0.2) is 6.61 Å². The Bertz CT molecular complexity index is 111. The number of unbranched alkanes of at least 4 members (excludes halogenated alkanes) is 2. The Kier molecular flexibility index (Phi) is 7.44. The minimum Gasteiger partial charge on any atom is -0.313 e. The van der Waals surface area contributed by atoms with Crippen molar-refractivity contribution in [3.8, 4) is 0 Å². The van der Waals surface area contributed by atoms with E-state index in [0.29, 0.717) is 0 Å². The van der Waals surface area contributed by atoms with Gasteiger partial charge in [-0.05, 0) is 28.8 Å². The van der Waals surface area contributed by atoms with Crippen molar-refractivity contribution in [1.29, 1.82) is 0 Å². The molecule has 0 N–H and O–H groups in total. The fourth-order valence-electron chi connectivity index (χ4n) is 0.491. The molecule has 0 saturated heterocycles. The standard InChI is InChI=1S/C5H12OS3/c1-2-3-4-5-6-9(7)8/h9H,2-5H2,1H3. The number of hydrogen-bond acceptors (Lipinski definition) is 3. The lowest BCUT2D eigenvalue weighted by Crippen LogP contribution is -1.89. The van der Waals surface area contributed by atoms with Crippen molar-refractivity contribution in [2.45, 2.75) is 26.2 Å². The Balaban J connectivity index is 2.92. The Labute approximate surface area is 67.8 Å². The van der Waals surface area contributed by atoms with Gasteiger partial charge >= 0.3 is 0 Å². The molecule has 0 spiro atoms. The minimum absolute atomic E-state index is 0.756. The molecule has 0 aromatic rings. The van der Waals surface area contributed by atoms with Gasteiger partial charge < -0.3 is 4.18 Å². The first kappa shape index (κ1) is 9.75. The molecule has 0 aromatic heterocycles. The first-order valence-corrected chi connectivity index (χ1v) is 6.33. The van der Waals surface area contributed by atoms with Gasteiger partial charge in [0, 0.05) is 8.29 Å². The summed E-state index contributed by atoms with van der Waals surface area (Å²) in [4.78, 5) is 0. The van der Waals surface area contributed by atoms with Gasteiger partial charge in [-0.1, -0.05) is 19.8 Å². The lowest BCUT2D eigenvalue weighted by Gasteiger charge is -1.95. The van der Waals surface area contributed by atoms with E-state index < -0.39 is 8.29 Å². The van der Waals surface area contributed by atoms with E-state index in [9.17, 15) is 0 Å². The average molecular weight is 184 g/mol. The molecule has 9 heavy (non-hydrogen) atoms. The third-order valence-electron chi connectivity index (χ3n) is 0.945. The molecule has 0 radical (unpaired) electrons. The molecule has 0 fully saturated rings. The van der Waals surface area contributed by atoms with E-state index in [1.54, 1.807) is 0 Å². The second-order valence-corrected chi connectivity index (χ2v) is 5.15. The number of rotatable bonds is 5. The molecule has 4 heteroatoms. The normalized spacial score (nSPS) is 10.4. The van der Waals surface area contributed by atoms with Crippen molar-refractivity contribution < 1.29 is 4.18 Å². The van der Waals surface area contributed by atoms with Crippen LogP contribution >= 0.6 is 0 Å². The van der Waals surface area contributed by atoms with E-state index in [1.807, 2.05) is 0 Å². The lowest BCUT2D eigenvalue weighted by atomic mass is 10.3. The summed E-state index contributed by atoms with van der Waals surface area (Å²) in [5.41, 5.74) is 0. The van der Waals surface area contributed by atoms with Crippen LogP contribution in [0.5, 0.6) is 0 Å². The SMILES string of the molecule is CCCCCO[SH](=S)=S. The summed E-state index contributed by atoms with van der Waals surface area (Å²) in [7, 11) is -0.950. The van der Waals surface area contributed by atoms with Crippen molar-refractivity contribution in [3.63, 3.8) is 0 Å². The second kappa shape index (κ2) is 6.86. The third-order valence-corrected chi connectivity index (χ3v) is 1.97. The van der Waals surface area contributed by atoms with Crippen molar-refractivity contribution >= 4 is 30.7 Å². The summed E-state index contributed by atoms with van der Waals surface area (Å²) < 4.78 is 5.04. The maximum atomic E-state index is 5.04. The number of thiol groups is 1. The largest absolute Gasteiger partial charge is 0.313 e. The quantitative estimate of drug-likeness (QED) is 0.511. The van der Waals surface area contributed by atoms with Crippen molar-refractivity contribution in [3.05, 3.63) is 0 Å². The molecule has 0 saturated carbocycles. The van der Waals surface area contributed by atoms with Gasteiger partial charge in [0.25, 0.3) is 0 Å². The van der Waals surface area contributed by atoms with E-state index in [2.05, 4.69) is 29.3 Å². The Hall–Kier alpha value is 0.750. The molecule has 0 atom stereocenters. The van der Waals surface area contributed by atoms with E-state index in [1.165, 1.54) is 12.8 Å². The average Bonchev–Trinajstić information content (AvgIpc) is 1.80.